The zero-order valence-electron chi connectivity index (χ0n) is 10.5. The Balaban J connectivity index is 2.19. The van der Waals surface area contributed by atoms with E-state index < -0.39 is 15.6 Å². The van der Waals surface area contributed by atoms with E-state index in [0.717, 1.165) is 5.56 Å². The molecule has 0 fully saturated rings. The van der Waals surface area contributed by atoms with Gasteiger partial charge in [0.25, 0.3) is 5.56 Å². The van der Waals surface area contributed by atoms with Crippen molar-refractivity contribution in [1.29, 1.82) is 0 Å². The predicted molar refractivity (Wildman–Crippen MR) is 75.4 cm³/mol. The number of rotatable bonds is 5. The molecule has 0 bridgehead atoms. The van der Waals surface area contributed by atoms with E-state index in [1.54, 1.807) is 24.3 Å². The molecule has 0 saturated heterocycles. The van der Waals surface area contributed by atoms with Gasteiger partial charge in [0.15, 0.2) is 5.82 Å². The minimum Gasteiger partial charge on any atom is -0.326 e. The number of nitrogens with zero attached hydrogens (tertiary/aromatic N) is 1. The molecule has 0 aliphatic rings. The smallest absolute Gasteiger partial charge is 0.264 e. The van der Waals surface area contributed by atoms with Crippen molar-refractivity contribution in [3.8, 4) is 0 Å². The molecule has 7 nitrogen and oxygen atoms in total. The molecule has 0 aliphatic carbocycles. The van der Waals surface area contributed by atoms with Gasteiger partial charge in [-0.15, -0.1) is 0 Å². The first-order valence-electron chi connectivity index (χ1n) is 5.83. The Labute approximate surface area is 115 Å². The summed E-state index contributed by atoms with van der Waals surface area (Å²) in [6.07, 6.45) is 0. The van der Waals surface area contributed by atoms with E-state index in [2.05, 4.69) is 14.9 Å². The van der Waals surface area contributed by atoms with Gasteiger partial charge < -0.3 is 5.73 Å². The van der Waals surface area contributed by atoms with E-state index in [1.807, 2.05) is 0 Å². The molecule has 1 aromatic heterocycles. The minimum atomic E-state index is -3.62. The van der Waals surface area contributed by atoms with E-state index in [4.69, 9.17) is 5.73 Å². The average molecular weight is 294 g/mol. The van der Waals surface area contributed by atoms with E-state index >= 15 is 0 Å². The molecule has 2 aromatic rings. The summed E-state index contributed by atoms with van der Waals surface area (Å²) in [5.41, 5.74) is 6.57. The van der Waals surface area contributed by atoms with Gasteiger partial charge in [0.2, 0.25) is 10.0 Å². The first-order chi connectivity index (χ1) is 9.50. The van der Waals surface area contributed by atoms with Crippen LogP contribution in [-0.2, 0) is 22.3 Å². The molecule has 1 heterocycles. The second kappa shape index (κ2) is 5.85. The molecule has 0 spiro atoms. The van der Waals surface area contributed by atoms with Crippen molar-refractivity contribution in [3.05, 3.63) is 57.9 Å². The molecule has 0 aliphatic heterocycles. The monoisotopic (exact) mass is 294 g/mol. The molecule has 106 valence electrons. The molecule has 8 heteroatoms. The van der Waals surface area contributed by atoms with Gasteiger partial charge in [-0.1, -0.05) is 24.3 Å². The second-order valence-corrected chi connectivity index (χ2v) is 5.86. The fourth-order valence-electron chi connectivity index (χ4n) is 1.70. The van der Waals surface area contributed by atoms with E-state index in [-0.39, 0.29) is 18.1 Å². The Kier molecular flexibility index (Phi) is 4.16. The molecule has 4 N–H and O–H groups in total. The molecular weight excluding hydrogens is 280 g/mol. The Morgan fingerprint density at radius 3 is 2.45 bits per heavy atom. The van der Waals surface area contributed by atoms with Crippen LogP contribution in [0.25, 0.3) is 0 Å². The molecule has 0 amide bonds. The van der Waals surface area contributed by atoms with Gasteiger partial charge >= 0.3 is 0 Å². The molecule has 20 heavy (non-hydrogen) atoms. The zero-order valence-corrected chi connectivity index (χ0v) is 11.4. The normalized spacial score (nSPS) is 11.2. The SMILES string of the molecule is NCc1ccccc1CS(=O)(=O)Nc1ccc(=O)[nH]n1. The van der Waals surface area contributed by atoms with Crippen LogP contribution in [0.15, 0.2) is 41.2 Å². The largest absolute Gasteiger partial charge is 0.326 e. The van der Waals surface area contributed by atoms with Crippen LogP contribution in [-0.4, -0.2) is 18.6 Å². The van der Waals surface area contributed by atoms with Crippen LogP contribution in [0, 0.1) is 0 Å². The number of nitrogens with one attached hydrogen (secondary N) is 2. The van der Waals surface area contributed by atoms with Gasteiger partial charge in [0.05, 0.1) is 5.75 Å². The van der Waals surface area contributed by atoms with Crippen molar-refractivity contribution in [2.45, 2.75) is 12.3 Å². The van der Waals surface area contributed by atoms with Crippen LogP contribution >= 0.6 is 0 Å². The zero-order chi connectivity index (χ0) is 14.6. The van der Waals surface area contributed by atoms with Crippen LogP contribution in [0.4, 0.5) is 5.82 Å². The lowest BCUT2D eigenvalue weighted by Gasteiger charge is -2.09. The quantitative estimate of drug-likeness (QED) is 0.726. The minimum absolute atomic E-state index is 0.0647. The summed E-state index contributed by atoms with van der Waals surface area (Å²) in [6, 6.07) is 9.53. The van der Waals surface area contributed by atoms with Crippen molar-refractivity contribution in [2.24, 2.45) is 5.73 Å². The molecule has 0 unspecified atom stereocenters. The number of hydrogen-bond acceptors (Lipinski definition) is 5. The summed E-state index contributed by atoms with van der Waals surface area (Å²) < 4.78 is 26.4. The Hall–Kier alpha value is -2.19. The van der Waals surface area contributed by atoms with Crippen molar-refractivity contribution in [1.82, 2.24) is 10.2 Å². The number of H-pyrrole nitrogens is 1. The van der Waals surface area contributed by atoms with Gasteiger partial charge in [-0.2, -0.15) is 5.10 Å². The van der Waals surface area contributed by atoms with E-state index in [1.165, 1.54) is 12.1 Å². The molecular formula is C12H14N4O3S. The second-order valence-electron chi connectivity index (χ2n) is 4.14. The van der Waals surface area contributed by atoms with Gasteiger partial charge in [-0.25, -0.2) is 13.5 Å². The maximum Gasteiger partial charge on any atom is 0.264 e. The van der Waals surface area contributed by atoms with Crippen LogP contribution in [0.2, 0.25) is 0 Å². The van der Waals surface area contributed by atoms with Crippen LogP contribution < -0.4 is 16.0 Å². The van der Waals surface area contributed by atoms with Crippen LogP contribution in [0.5, 0.6) is 0 Å². The average Bonchev–Trinajstić information content (AvgIpc) is 2.41. The summed E-state index contributed by atoms with van der Waals surface area (Å²) in [5.74, 6) is -0.143. The number of benzene rings is 1. The number of sulfonamides is 1. The lowest BCUT2D eigenvalue weighted by Crippen LogP contribution is -2.19. The highest BCUT2D eigenvalue weighted by atomic mass is 32.2. The third-order valence-electron chi connectivity index (χ3n) is 2.62. The summed E-state index contributed by atoms with van der Waals surface area (Å²) in [4.78, 5) is 10.9. The highest BCUT2D eigenvalue weighted by Crippen LogP contribution is 2.13. The highest BCUT2D eigenvalue weighted by molar-refractivity contribution is 7.91. The van der Waals surface area contributed by atoms with Crippen molar-refractivity contribution >= 4 is 15.8 Å². The highest BCUT2D eigenvalue weighted by Gasteiger charge is 2.14. The van der Waals surface area contributed by atoms with Gasteiger partial charge in [0, 0.05) is 12.6 Å². The van der Waals surface area contributed by atoms with E-state index in [9.17, 15) is 13.2 Å². The number of anilines is 1. The van der Waals surface area contributed by atoms with Crippen LogP contribution in [0.3, 0.4) is 0 Å². The lowest BCUT2D eigenvalue weighted by atomic mass is 10.1. The van der Waals surface area contributed by atoms with Crippen molar-refractivity contribution < 1.29 is 8.42 Å². The molecule has 0 saturated carbocycles. The molecule has 1 aromatic carbocycles. The molecule has 0 atom stereocenters. The Morgan fingerprint density at radius 2 is 1.85 bits per heavy atom. The van der Waals surface area contributed by atoms with Crippen molar-refractivity contribution in [2.75, 3.05) is 4.72 Å². The number of aromatic amines is 1. The molecule has 2 rings (SSSR count). The maximum absolute atomic E-state index is 12.0. The first kappa shape index (κ1) is 14.2. The topological polar surface area (TPSA) is 118 Å². The summed E-state index contributed by atoms with van der Waals surface area (Å²) >= 11 is 0. The summed E-state index contributed by atoms with van der Waals surface area (Å²) in [7, 11) is -3.62. The standard InChI is InChI=1S/C12H14N4O3S/c13-7-9-3-1-2-4-10(9)8-20(18,19)16-11-5-6-12(17)15-14-11/h1-6H,7-8,13H2,(H,14,16)(H,15,17). The maximum atomic E-state index is 12.0. The van der Waals surface area contributed by atoms with Gasteiger partial charge in [0.1, 0.15) is 0 Å². The fourth-order valence-corrected chi connectivity index (χ4v) is 2.89. The van der Waals surface area contributed by atoms with Gasteiger partial charge in [-0.05, 0) is 17.2 Å². The Morgan fingerprint density at radius 1 is 1.15 bits per heavy atom. The summed E-state index contributed by atoms with van der Waals surface area (Å²) in [6.45, 7) is 0.266. The predicted octanol–water partition coefficient (Wildman–Crippen LogP) is 0.170. The number of aromatic nitrogens is 2. The third kappa shape index (κ3) is 3.65. The number of nitrogens with two attached hydrogens (primary N) is 1. The third-order valence-corrected chi connectivity index (χ3v) is 3.83. The fraction of sp³-hybridized carbons (Fsp3) is 0.167. The lowest BCUT2D eigenvalue weighted by molar-refractivity contribution is 0.600. The number of hydrogen-bond donors (Lipinski definition) is 3. The van der Waals surface area contributed by atoms with Crippen molar-refractivity contribution in [3.63, 3.8) is 0 Å². The molecule has 0 radical (unpaired) electrons. The summed E-state index contributed by atoms with van der Waals surface area (Å²) in [5, 5.41) is 5.75. The van der Waals surface area contributed by atoms with Crippen LogP contribution in [0.1, 0.15) is 11.1 Å². The van der Waals surface area contributed by atoms with Gasteiger partial charge in [-0.3, -0.25) is 9.52 Å². The first-order valence-corrected chi connectivity index (χ1v) is 7.48. The van der Waals surface area contributed by atoms with E-state index in [0.29, 0.717) is 5.56 Å². The Bertz CT molecular complexity index is 735.